The Balaban J connectivity index is 2.28. The van der Waals surface area contributed by atoms with Gasteiger partial charge in [0.1, 0.15) is 5.69 Å². The molecule has 0 saturated carbocycles. The van der Waals surface area contributed by atoms with Crippen LogP contribution in [0.2, 0.25) is 0 Å². The number of rotatable bonds is 3. The number of halogens is 1. The number of amides is 1. The van der Waals surface area contributed by atoms with Crippen LogP contribution < -0.4 is 5.32 Å². The van der Waals surface area contributed by atoms with Gasteiger partial charge in [0.2, 0.25) is 0 Å². The maximum atomic E-state index is 12.2. The quantitative estimate of drug-likeness (QED) is 0.689. The maximum Gasteiger partial charge on any atom is 0.287 e. The van der Waals surface area contributed by atoms with Crippen molar-refractivity contribution in [1.82, 2.24) is 4.57 Å². The number of aromatic nitrogens is 1. The third-order valence-corrected chi connectivity index (χ3v) is 3.38. The monoisotopic (exact) mass is 337 g/mol. The Hall–Kier alpha value is -2.15. The third kappa shape index (κ3) is 2.88. The highest BCUT2D eigenvalue weighted by molar-refractivity contribution is 9.10. The molecule has 0 atom stereocenters. The number of benzene rings is 1. The third-order valence-electron chi connectivity index (χ3n) is 2.88. The van der Waals surface area contributed by atoms with Gasteiger partial charge < -0.3 is 9.88 Å². The summed E-state index contributed by atoms with van der Waals surface area (Å²) in [6.45, 7) is 1.87. The molecule has 7 heteroatoms. The van der Waals surface area contributed by atoms with E-state index in [-0.39, 0.29) is 17.3 Å². The summed E-state index contributed by atoms with van der Waals surface area (Å²) in [6, 6.07) is 6.78. The maximum absolute atomic E-state index is 12.2. The van der Waals surface area contributed by atoms with E-state index in [4.69, 9.17) is 0 Å². The first-order valence-electron chi connectivity index (χ1n) is 5.76. The molecule has 2 aromatic rings. The van der Waals surface area contributed by atoms with Crippen molar-refractivity contribution in [2.24, 2.45) is 7.05 Å². The van der Waals surface area contributed by atoms with E-state index in [0.717, 1.165) is 10.0 Å². The largest absolute Gasteiger partial charge is 0.340 e. The molecule has 0 aliphatic heterocycles. The molecule has 104 valence electrons. The molecule has 0 fully saturated rings. The lowest BCUT2D eigenvalue weighted by molar-refractivity contribution is -0.384. The van der Waals surface area contributed by atoms with E-state index < -0.39 is 4.92 Å². The van der Waals surface area contributed by atoms with E-state index in [9.17, 15) is 14.9 Å². The second-order valence-corrected chi connectivity index (χ2v) is 5.28. The average molecular weight is 338 g/mol. The minimum Gasteiger partial charge on any atom is -0.340 e. The zero-order chi connectivity index (χ0) is 14.9. The molecule has 2 rings (SSSR count). The molecule has 0 bridgehead atoms. The highest BCUT2D eigenvalue weighted by atomic mass is 79.9. The molecule has 0 unspecified atom stereocenters. The smallest absolute Gasteiger partial charge is 0.287 e. The zero-order valence-corrected chi connectivity index (χ0v) is 12.5. The fourth-order valence-electron chi connectivity index (χ4n) is 1.79. The summed E-state index contributed by atoms with van der Waals surface area (Å²) in [7, 11) is 1.59. The second-order valence-electron chi connectivity index (χ2n) is 4.36. The molecule has 6 nitrogen and oxygen atoms in total. The number of hydrogen-bond donors (Lipinski definition) is 1. The van der Waals surface area contributed by atoms with Gasteiger partial charge in [-0.25, -0.2) is 0 Å². The van der Waals surface area contributed by atoms with Crippen LogP contribution in [0.5, 0.6) is 0 Å². The molecule has 1 aromatic carbocycles. The van der Waals surface area contributed by atoms with E-state index in [0.29, 0.717) is 5.69 Å². The molecular weight excluding hydrogens is 326 g/mol. The summed E-state index contributed by atoms with van der Waals surface area (Å²) in [5.41, 5.74) is 1.69. The van der Waals surface area contributed by atoms with Gasteiger partial charge in [-0.3, -0.25) is 14.9 Å². The van der Waals surface area contributed by atoms with Crippen LogP contribution in [0.25, 0.3) is 0 Å². The van der Waals surface area contributed by atoms with Crippen LogP contribution in [0.1, 0.15) is 16.1 Å². The Bertz CT molecular complexity index is 694. The predicted octanol–water partition coefficient (Wildman–Crippen LogP) is 3.26. The number of hydrogen-bond acceptors (Lipinski definition) is 3. The Kier molecular flexibility index (Phi) is 3.89. The lowest BCUT2D eigenvalue weighted by Crippen LogP contribution is -2.15. The highest BCUT2D eigenvalue weighted by Gasteiger charge is 2.18. The molecule has 1 aromatic heterocycles. The zero-order valence-electron chi connectivity index (χ0n) is 10.9. The first-order chi connectivity index (χ1) is 9.38. The van der Waals surface area contributed by atoms with Crippen molar-refractivity contribution < 1.29 is 9.72 Å². The van der Waals surface area contributed by atoms with Gasteiger partial charge in [-0.1, -0.05) is 22.0 Å². The summed E-state index contributed by atoms with van der Waals surface area (Å²) < 4.78 is 2.28. The summed E-state index contributed by atoms with van der Waals surface area (Å²) in [5.74, 6) is -0.387. The highest BCUT2D eigenvalue weighted by Crippen LogP contribution is 2.22. The summed E-state index contributed by atoms with van der Waals surface area (Å²) in [5, 5.41) is 13.4. The summed E-state index contributed by atoms with van der Waals surface area (Å²) >= 11 is 3.33. The van der Waals surface area contributed by atoms with Crippen LogP contribution >= 0.6 is 15.9 Å². The normalized spacial score (nSPS) is 10.3. The molecule has 20 heavy (non-hydrogen) atoms. The van der Waals surface area contributed by atoms with E-state index in [1.807, 2.05) is 19.1 Å². The van der Waals surface area contributed by atoms with Crippen LogP contribution in [-0.2, 0) is 7.05 Å². The summed E-state index contributed by atoms with van der Waals surface area (Å²) in [6.07, 6.45) is 1.31. The van der Waals surface area contributed by atoms with E-state index in [2.05, 4.69) is 21.2 Å². The number of nitrogens with zero attached hydrogens (tertiary/aromatic N) is 2. The van der Waals surface area contributed by atoms with Crippen molar-refractivity contribution in [3.05, 3.63) is 56.3 Å². The number of carbonyl (C=O) groups is 1. The van der Waals surface area contributed by atoms with E-state index >= 15 is 0 Å². The number of aryl methyl sites for hydroxylation is 2. The average Bonchev–Trinajstić information content (AvgIpc) is 2.76. The Morgan fingerprint density at radius 2 is 2.10 bits per heavy atom. The van der Waals surface area contributed by atoms with Gasteiger partial charge in [-0.15, -0.1) is 0 Å². The second kappa shape index (κ2) is 5.46. The predicted molar refractivity (Wildman–Crippen MR) is 78.9 cm³/mol. The Morgan fingerprint density at radius 1 is 1.40 bits per heavy atom. The minimum absolute atomic E-state index is 0.108. The van der Waals surface area contributed by atoms with Crippen molar-refractivity contribution in [3.63, 3.8) is 0 Å². The molecule has 1 amide bonds. The number of anilines is 1. The van der Waals surface area contributed by atoms with Crippen molar-refractivity contribution in [2.75, 3.05) is 5.32 Å². The molecule has 0 aliphatic rings. The number of nitro groups is 1. The van der Waals surface area contributed by atoms with Gasteiger partial charge in [-0.05, 0) is 24.6 Å². The van der Waals surface area contributed by atoms with Gasteiger partial charge in [-0.2, -0.15) is 0 Å². The number of carbonyl (C=O) groups excluding carboxylic acids is 1. The van der Waals surface area contributed by atoms with Gasteiger partial charge in [0.15, 0.2) is 0 Å². The van der Waals surface area contributed by atoms with E-state index in [1.54, 1.807) is 13.1 Å². The molecular formula is C13H12BrN3O3. The lowest BCUT2D eigenvalue weighted by atomic mass is 10.2. The minimum atomic E-state index is -0.527. The molecule has 0 radical (unpaired) electrons. The first-order valence-corrected chi connectivity index (χ1v) is 6.56. The SMILES string of the molecule is Cc1ccc(Br)cc1NC(=O)c1cc([N+](=O)[O-])cn1C. The van der Waals surface area contributed by atoms with Gasteiger partial charge in [0, 0.05) is 23.3 Å². The summed E-state index contributed by atoms with van der Waals surface area (Å²) in [4.78, 5) is 22.3. The van der Waals surface area contributed by atoms with Crippen LogP contribution in [-0.4, -0.2) is 15.4 Å². The van der Waals surface area contributed by atoms with Crippen LogP contribution in [0.4, 0.5) is 11.4 Å². The Morgan fingerprint density at radius 3 is 2.70 bits per heavy atom. The van der Waals surface area contributed by atoms with Crippen molar-refractivity contribution >= 4 is 33.2 Å². The fourth-order valence-corrected chi connectivity index (χ4v) is 2.15. The van der Waals surface area contributed by atoms with Crippen LogP contribution in [0.15, 0.2) is 34.9 Å². The van der Waals surface area contributed by atoms with Crippen molar-refractivity contribution in [1.29, 1.82) is 0 Å². The lowest BCUT2D eigenvalue weighted by Gasteiger charge is -2.09. The standard InChI is InChI=1S/C13H12BrN3O3/c1-8-3-4-9(14)5-11(8)15-13(18)12-6-10(17(19)20)7-16(12)2/h3-7H,1-2H3,(H,15,18). The molecule has 1 heterocycles. The topological polar surface area (TPSA) is 77.2 Å². The van der Waals surface area contributed by atoms with Crippen molar-refractivity contribution in [3.8, 4) is 0 Å². The number of nitrogens with one attached hydrogen (secondary N) is 1. The molecule has 0 spiro atoms. The van der Waals surface area contributed by atoms with Gasteiger partial charge in [0.25, 0.3) is 11.6 Å². The first kappa shape index (κ1) is 14.3. The Labute approximate surface area is 123 Å². The molecule has 1 N–H and O–H groups in total. The van der Waals surface area contributed by atoms with E-state index in [1.165, 1.54) is 16.8 Å². The molecule has 0 saturated heterocycles. The van der Waals surface area contributed by atoms with Crippen molar-refractivity contribution in [2.45, 2.75) is 6.92 Å². The van der Waals surface area contributed by atoms with Crippen LogP contribution in [0, 0.1) is 17.0 Å². The fraction of sp³-hybridized carbons (Fsp3) is 0.154. The van der Waals surface area contributed by atoms with Crippen LogP contribution in [0.3, 0.4) is 0 Å². The van der Waals surface area contributed by atoms with Gasteiger partial charge >= 0.3 is 0 Å². The molecule has 0 aliphatic carbocycles. The van der Waals surface area contributed by atoms with Gasteiger partial charge in [0.05, 0.1) is 11.1 Å².